The van der Waals surface area contributed by atoms with E-state index in [0.717, 1.165) is 5.56 Å². The van der Waals surface area contributed by atoms with Crippen LogP contribution in [0.1, 0.15) is 48.1 Å². The quantitative estimate of drug-likeness (QED) is 0.814. The highest BCUT2D eigenvalue weighted by atomic mass is 16.6. The van der Waals surface area contributed by atoms with Crippen molar-refractivity contribution in [3.8, 4) is 0 Å². The minimum absolute atomic E-state index is 0.275. The lowest BCUT2D eigenvalue weighted by atomic mass is 10.1. The molecule has 1 aromatic carbocycles. The summed E-state index contributed by atoms with van der Waals surface area (Å²) in [5, 5.41) is 8.00. The molecule has 0 aliphatic heterocycles. The highest BCUT2D eigenvalue weighted by molar-refractivity contribution is 5.88. The van der Waals surface area contributed by atoms with Gasteiger partial charge in [0.2, 0.25) is 0 Å². The lowest BCUT2D eigenvalue weighted by molar-refractivity contribution is 0.00619. The molecule has 2 aromatic rings. The van der Waals surface area contributed by atoms with Crippen LogP contribution in [0.4, 0.5) is 0 Å². The molecule has 0 unspecified atom stereocenters. The summed E-state index contributed by atoms with van der Waals surface area (Å²) in [7, 11) is 0. The van der Waals surface area contributed by atoms with Gasteiger partial charge in [0.05, 0.1) is 12.2 Å². The van der Waals surface area contributed by atoms with Crippen LogP contribution in [0.25, 0.3) is 0 Å². The molecule has 21 heavy (non-hydrogen) atoms. The number of hydrogen-bond acceptors (Lipinski definition) is 4. The molecule has 112 valence electrons. The van der Waals surface area contributed by atoms with Crippen LogP contribution in [0.5, 0.6) is 0 Å². The van der Waals surface area contributed by atoms with Crippen molar-refractivity contribution in [1.29, 1.82) is 0 Å². The molecule has 0 aliphatic rings. The minimum atomic E-state index is -0.537. The Morgan fingerprint density at radius 2 is 1.81 bits per heavy atom. The van der Waals surface area contributed by atoms with Crippen LogP contribution in [-0.2, 0) is 11.3 Å². The molecule has 0 saturated carbocycles. The average Bonchev–Trinajstić information content (AvgIpc) is 2.72. The van der Waals surface area contributed by atoms with E-state index in [4.69, 9.17) is 4.74 Å². The van der Waals surface area contributed by atoms with Crippen LogP contribution in [-0.4, -0.2) is 26.6 Å². The Bertz CT molecular complexity index is 637. The summed E-state index contributed by atoms with van der Waals surface area (Å²) < 4.78 is 7.04. The van der Waals surface area contributed by atoms with E-state index in [0.29, 0.717) is 12.2 Å². The number of aromatic nitrogens is 3. The largest absolute Gasteiger partial charge is 0.455 e. The Hall–Kier alpha value is -2.17. The van der Waals surface area contributed by atoms with Crippen LogP contribution >= 0.6 is 0 Å². The molecule has 2 rings (SSSR count). The van der Waals surface area contributed by atoms with Crippen molar-refractivity contribution in [3.05, 3.63) is 46.8 Å². The van der Waals surface area contributed by atoms with E-state index in [1.165, 1.54) is 5.56 Å². The van der Waals surface area contributed by atoms with Gasteiger partial charge in [-0.1, -0.05) is 35.0 Å². The maximum absolute atomic E-state index is 12.1. The van der Waals surface area contributed by atoms with E-state index in [1.54, 1.807) is 4.68 Å². The number of hydrogen-bond donors (Lipinski definition) is 0. The average molecular weight is 287 g/mol. The fraction of sp³-hybridized carbons (Fsp3) is 0.438. The Labute approximate surface area is 124 Å². The number of carbonyl (C=O) groups excluding carboxylic acids is 1. The van der Waals surface area contributed by atoms with Crippen molar-refractivity contribution >= 4 is 5.97 Å². The predicted octanol–water partition coefficient (Wildman–Crippen LogP) is 2.90. The van der Waals surface area contributed by atoms with Crippen LogP contribution in [0, 0.1) is 13.8 Å². The number of aryl methyl sites for hydroxylation is 1. The third-order valence-electron chi connectivity index (χ3n) is 3.03. The Balaban J connectivity index is 2.17. The van der Waals surface area contributed by atoms with Gasteiger partial charge < -0.3 is 4.74 Å². The zero-order valence-corrected chi connectivity index (χ0v) is 13.2. The highest BCUT2D eigenvalue weighted by Gasteiger charge is 2.23. The van der Waals surface area contributed by atoms with Crippen molar-refractivity contribution < 1.29 is 9.53 Å². The summed E-state index contributed by atoms with van der Waals surface area (Å²) >= 11 is 0. The third-order valence-corrected chi connectivity index (χ3v) is 3.03. The van der Waals surface area contributed by atoms with E-state index in [1.807, 2.05) is 46.8 Å². The zero-order chi connectivity index (χ0) is 15.6. The van der Waals surface area contributed by atoms with E-state index in [9.17, 15) is 4.79 Å². The second-order valence-electron chi connectivity index (χ2n) is 6.17. The van der Waals surface area contributed by atoms with Gasteiger partial charge in [-0.25, -0.2) is 9.48 Å². The molecule has 0 bridgehead atoms. The number of nitrogens with zero attached hydrogens (tertiary/aromatic N) is 3. The van der Waals surface area contributed by atoms with Gasteiger partial charge in [-0.05, 0) is 40.2 Å². The van der Waals surface area contributed by atoms with Gasteiger partial charge in [-0.3, -0.25) is 0 Å². The predicted molar refractivity (Wildman–Crippen MR) is 80.2 cm³/mol. The van der Waals surface area contributed by atoms with Gasteiger partial charge in [0.1, 0.15) is 5.60 Å². The Morgan fingerprint density at radius 3 is 2.38 bits per heavy atom. The van der Waals surface area contributed by atoms with Crippen LogP contribution in [0.15, 0.2) is 24.3 Å². The zero-order valence-electron chi connectivity index (χ0n) is 13.2. The summed E-state index contributed by atoms with van der Waals surface area (Å²) in [6.45, 7) is 9.95. The van der Waals surface area contributed by atoms with Crippen LogP contribution in [0.3, 0.4) is 0 Å². The molecular weight excluding hydrogens is 266 g/mol. The second-order valence-corrected chi connectivity index (χ2v) is 6.17. The summed E-state index contributed by atoms with van der Waals surface area (Å²) in [6.07, 6.45) is 0. The van der Waals surface area contributed by atoms with E-state index >= 15 is 0 Å². The lowest BCUT2D eigenvalue weighted by Gasteiger charge is -2.18. The van der Waals surface area contributed by atoms with Crippen LogP contribution in [0.2, 0.25) is 0 Å². The fourth-order valence-corrected chi connectivity index (χ4v) is 1.89. The van der Waals surface area contributed by atoms with Gasteiger partial charge in [0, 0.05) is 0 Å². The monoisotopic (exact) mass is 287 g/mol. The molecule has 5 nitrogen and oxygen atoms in total. The van der Waals surface area contributed by atoms with Crippen molar-refractivity contribution in [2.75, 3.05) is 0 Å². The molecule has 0 saturated heterocycles. The molecule has 0 fully saturated rings. The first-order chi connectivity index (χ1) is 9.76. The van der Waals surface area contributed by atoms with Crippen molar-refractivity contribution in [3.63, 3.8) is 0 Å². The Kier molecular flexibility index (Phi) is 4.11. The lowest BCUT2D eigenvalue weighted by Crippen LogP contribution is -2.24. The summed E-state index contributed by atoms with van der Waals surface area (Å²) in [5.41, 5.74) is 2.78. The van der Waals surface area contributed by atoms with Crippen molar-refractivity contribution in [2.24, 2.45) is 0 Å². The maximum Gasteiger partial charge on any atom is 0.361 e. The van der Waals surface area contributed by atoms with Crippen molar-refractivity contribution in [2.45, 2.75) is 46.8 Å². The van der Waals surface area contributed by atoms with E-state index in [-0.39, 0.29) is 5.69 Å². The first kappa shape index (κ1) is 15.2. The molecule has 1 aromatic heterocycles. The SMILES string of the molecule is Cc1ccc(Cn2nnc(C(=O)OC(C)(C)C)c2C)cc1. The van der Waals surface area contributed by atoms with Gasteiger partial charge in [-0.15, -0.1) is 5.10 Å². The maximum atomic E-state index is 12.1. The van der Waals surface area contributed by atoms with Gasteiger partial charge in [-0.2, -0.15) is 0 Å². The number of benzene rings is 1. The summed E-state index contributed by atoms with van der Waals surface area (Å²) in [4.78, 5) is 12.1. The van der Waals surface area contributed by atoms with Crippen molar-refractivity contribution in [1.82, 2.24) is 15.0 Å². The topological polar surface area (TPSA) is 57.0 Å². The standard InChI is InChI=1S/C16H21N3O2/c1-11-6-8-13(9-7-11)10-19-12(2)14(17-18-19)15(20)21-16(3,4)5/h6-9H,10H2,1-5H3. The minimum Gasteiger partial charge on any atom is -0.455 e. The van der Waals surface area contributed by atoms with Gasteiger partial charge in [0.15, 0.2) is 5.69 Å². The molecule has 0 amide bonds. The molecule has 0 spiro atoms. The number of esters is 1. The van der Waals surface area contributed by atoms with Crippen LogP contribution < -0.4 is 0 Å². The highest BCUT2D eigenvalue weighted by Crippen LogP contribution is 2.14. The molecular formula is C16H21N3O2. The summed E-state index contributed by atoms with van der Waals surface area (Å²) in [6, 6.07) is 8.19. The molecule has 0 radical (unpaired) electrons. The number of carbonyl (C=O) groups is 1. The number of rotatable bonds is 3. The van der Waals surface area contributed by atoms with Gasteiger partial charge in [0.25, 0.3) is 0 Å². The fourth-order valence-electron chi connectivity index (χ4n) is 1.89. The third kappa shape index (κ3) is 3.90. The Morgan fingerprint density at radius 1 is 1.19 bits per heavy atom. The normalized spacial score (nSPS) is 11.5. The molecule has 0 aliphatic carbocycles. The van der Waals surface area contributed by atoms with E-state index in [2.05, 4.69) is 22.4 Å². The first-order valence-corrected chi connectivity index (χ1v) is 6.95. The van der Waals surface area contributed by atoms with E-state index < -0.39 is 11.6 Å². The molecule has 0 atom stereocenters. The summed E-state index contributed by atoms with van der Waals surface area (Å²) in [5.74, 6) is -0.435. The van der Waals surface area contributed by atoms with Gasteiger partial charge >= 0.3 is 5.97 Å². The number of ether oxygens (including phenoxy) is 1. The molecule has 1 heterocycles. The smallest absolute Gasteiger partial charge is 0.361 e. The molecule has 0 N–H and O–H groups in total. The first-order valence-electron chi connectivity index (χ1n) is 6.95. The molecule has 5 heteroatoms. The second kappa shape index (κ2) is 5.68.